The summed E-state index contributed by atoms with van der Waals surface area (Å²) >= 11 is 17.3. The van der Waals surface area contributed by atoms with Crippen LogP contribution in [0, 0.1) is 11.8 Å². The maximum absolute atomic E-state index is 13.1. The quantitative estimate of drug-likeness (QED) is 0.543. The van der Waals surface area contributed by atoms with E-state index >= 15 is 0 Å². The number of β-amino-alcohol motifs (C(OH)–C–C–N with tert-alkyl or cyclic N) is 1. The van der Waals surface area contributed by atoms with Gasteiger partial charge in [0.2, 0.25) is 3.79 Å². The lowest BCUT2D eigenvalue weighted by Crippen LogP contribution is -2.70. The first kappa shape index (κ1) is 22.6. The van der Waals surface area contributed by atoms with E-state index in [-0.39, 0.29) is 30.5 Å². The molecule has 1 aromatic carbocycles. The number of aliphatic hydroxyl groups is 2. The molecule has 4 heterocycles. The highest BCUT2D eigenvalue weighted by Crippen LogP contribution is 2.51. The number of alkyl halides is 3. The van der Waals surface area contributed by atoms with Crippen molar-refractivity contribution in [1.29, 1.82) is 0 Å². The van der Waals surface area contributed by atoms with Gasteiger partial charge in [-0.25, -0.2) is 4.79 Å². The van der Waals surface area contributed by atoms with E-state index in [4.69, 9.17) is 44.3 Å². The molecule has 0 saturated carbocycles. The van der Waals surface area contributed by atoms with Crippen LogP contribution in [0.4, 0.5) is 4.79 Å². The van der Waals surface area contributed by atoms with Crippen LogP contribution in [0.5, 0.6) is 0 Å². The van der Waals surface area contributed by atoms with Gasteiger partial charge in [0.1, 0.15) is 12.2 Å². The van der Waals surface area contributed by atoms with E-state index in [9.17, 15) is 15.0 Å². The molecule has 2 saturated heterocycles. The van der Waals surface area contributed by atoms with Gasteiger partial charge in [-0.3, -0.25) is 0 Å². The standard InChI is InChI=1S/C22H25Cl3N2O5/c1-11(28)21(30)9-27(20(29)32-10-22(23,24)25)17-6-13-12-4-2-3-5-16(12)26-19(13)18-7-15(21)14(17)8-31-18/h2-5,11,14-15,17-18,26,28,30H,6-10H2,1H3/t11?,14-,15+,17-,18-,21?/m0/s1. The number of ether oxygens (including phenoxy) is 2. The second kappa shape index (κ2) is 7.93. The molecular weight excluding hydrogens is 479 g/mol. The van der Waals surface area contributed by atoms with Crippen LogP contribution in [-0.2, 0) is 15.9 Å². The summed E-state index contributed by atoms with van der Waals surface area (Å²) in [5, 5.41) is 23.2. The van der Waals surface area contributed by atoms with E-state index in [0.29, 0.717) is 19.4 Å². The number of aromatic nitrogens is 1. The number of halogens is 3. The third-order valence-corrected chi connectivity index (χ3v) is 7.66. The highest BCUT2D eigenvalue weighted by Gasteiger charge is 2.59. The van der Waals surface area contributed by atoms with E-state index in [1.807, 2.05) is 18.2 Å². The molecule has 2 fully saturated rings. The minimum absolute atomic E-state index is 0.0698. The van der Waals surface area contributed by atoms with Crippen molar-refractivity contribution in [3.8, 4) is 0 Å². The number of piperidine rings is 1. The Labute approximate surface area is 200 Å². The van der Waals surface area contributed by atoms with Gasteiger partial charge in [-0.1, -0.05) is 53.0 Å². The molecule has 2 aromatic rings. The summed E-state index contributed by atoms with van der Waals surface area (Å²) in [6.07, 6.45) is -0.853. The normalized spacial score (nSPS) is 32.9. The van der Waals surface area contributed by atoms with Crippen LogP contribution in [0.15, 0.2) is 24.3 Å². The van der Waals surface area contributed by atoms with E-state index in [2.05, 4.69) is 11.1 Å². The molecule has 1 amide bonds. The number of carbonyl (C=O) groups is 1. The number of benzene rings is 1. The molecule has 7 nitrogen and oxygen atoms in total. The van der Waals surface area contributed by atoms with Gasteiger partial charge in [-0.05, 0) is 31.4 Å². The number of fused-ring (bicyclic) bond motifs is 2. The molecule has 4 aliphatic rings. The monoisotopic (exact) mass is 502 g/mol. The Kier molecular flexibility index (Phi) is 5.59. The number of rotatable bonds is 2. The van der Waals surface area contributed by atoms with Gasteiger partial charge in [-0.15, -0.1) is 0 Å². The molecule has 1 aromatic heterocycles. The van der Waals surface area contributed by atoms with Gasteiger partial charge in [-0.2, -0.15) is 0 Å². The van der Waals surface area contributed by atoms with Gasteiger partial charge >= 0.3 is 6.09 Å². The van der Waals surface area contributed by atoms with Gasteiger partial charge in [0.15, 0.2) is 0 Å². The lowest BCUT2D eigenvalue weighted by Gasteiger charge is -2.57. The molecule has 0 spiro atoms. The fourth-order valence-electron chi connectivity index (χ4n) is 5.77. The van der Waals surface area contributed by atoms with E-state index in [0.717, 1.165) is 22.2 Å². The predicted octanol–water partition coefficient (Wildman–Crippen LogP) is 3.72. The number of para-hydroxylation sites is 1. The predicted molar refractivity (Wildman–Crippen MR) is 121 cm³/mol. The minimum Gasteiger partial charge on any atom is -0.445 e. The number of amides is 1. The first-order valence-corrected chi connectivity index (χ1v) is 11.8. The Bertz CT molecular complexity index is 1040. The first-order valence-electron chi connectivity index (χ1n) is 10.7. The van der Waals surface area contributed by atoms with Crippen LogP contribution in [0.1, 0.15) is 30.7 Å². The topological polar surface area (TPSA) is 95.0 Å². The summed E-state index contributed by atoms with van der Waals surface area (Å²) in [7, 11) is 0. The Morgan fingerprint density at radius 3 is 2.88 bits per heavy atom. The molecule has 2 unspecified atom stereocenters. The highest BCUT2D eigenvalue weighted by molar-refractivity contribution is 6.67. The Balaban J connectivity index is 1.59. The summed E-state index contributed by atoms with van der Waals surface area (Å²) in [6.45, 7) is 1.42. The molecular formula is C22H25Cl3N2O5. The van der Waals surface area contributed by atoms with Gasteiger partial charge in [0, 0.05) is 34.5 Å². The largest absolute Gasteiger partial charge is 0.445 e. The fourth-order valence-corrected chi connectivity index (χ4v) is 5.93. The van der Waals surface area contributed by atoms with Gasteiger partial charge in [0.05, 0.1) is 25.4 Å². The maximum atomic E-state index is 13.1. The number of carbonyl (C=O) groups excluding carboxylic acids is 1. The lowest BCUT2D eigenvalue weighted by molar-refractivity contribution is -0.215. The molecule has 3 aliphatic heterocycles. The van der Waals surface area contributed by atoms with E-state index < -0.39 is 28.2 Å². The first-order chi connectivity index (χ1) is 15.1. The minimum atomic E-state index is -1.75. The Morgan fingerprint density at radius 1 is 1.41 bits per heavy atom. The van der Waals surface area contributed by atoms with Crippen LogP contribution in [-0.4, -0.2) is 67.5 Å². The van der Waals surface area contributed by atoms with Crippen molar-refractivity contribution in [2.75, 3.05) is 19.8 Å². The maximum Gasteiger partial charge on any atom is 0.410 e. The second-order valence-corrected chi connectivity index (χ2v) is 11.6. The number of nitrogens with one attached hydrogen (secondary N) is 1. The third-order valence-electron chi connectivity index (χ3n) is 7.33. The zero-order valence-corrected chi connectivity index (χ0v) is 19.7. The summed E-state index contributed by atoms with van der Waals surface area (Å²) in [4.78, 5) is 18.1. The lowest BCUT2D eigenvalue weighted by atomic mass is 9.63. The average Bonchev–Trinajstić information content (AvgIpc) is 3.09. The van der Waals surface area contributed by atoms with Crippen molar-refractivity contribution in [2.24, 2.45) is 11.8 Å². The van der Waals surface area contributed by atoms with Crippen LogP contribution in [0.3, 0.4) is 0 Å². The number of likely N-dealkylation sites (tertiary alicyclic amines) is 1. The zero-order valence-electron chi connectivity index (χ0n) is 17.4. The van der Waals surface area contributed by atoms with Crippen molar-refractivity contribution in [3.05, 3.63) is 35.5 Å². The molecule has 174 valence electrons. The Morgan fingerprint density at radius 2 is 2.16 bits per heavy atom. The zero-order chi connectivity index (χ0) is 22.8. The Hall–Kier alpha value is -1.22. The van der Waals surface area contributed by atoms with Gasteiger partial charge < -0.3 is 29.6 Å². The van der Waals surface area contributed by atoms with E-state index in [1.54, 1.807) is 6.92 Å². The number of hydrogen-bond donors (Lipinski definition) is 3. The molecule has 3 N–H and O–H groups in total. The molecule has 32 heavy (non-hydrogen) atoms. The number of nitrogens with zero attached hydrogens (tertiary/aromatic N) is 1. The number of H-pyrrole nitrogens is 1. The summed E-state index contributed by atoms with van der Waals surface area (Å²) in [5.74, 6) is -0.426. The number of aliphatic hydroxyl groups excluding tert-OH is 1. The van der Waals surface area contributed by atoms with Crippen molar-refractivity contribution >= 4 is 51.8 Å². The SMILES string of the molecule is CC(O)C1(O)CN(C(=O)OCC(Cl)(Cl)Cl)[C@H]2Cc3c([nH]c4ccccc34)[C@@H]3C[C@@H]1[C@@H]2CO3. The van der Waals surface area contributed by atoms with E-state index in [1.165, 1.54) is 4.90 Å². The number of hydrogen-bond acceptors (Lipinski definition) is 5. The summed E-state index contributed by atoms with van der Waals surface area (Å²) < 4.78 is 9.77. The average molecular weight is 504 g/mol. The van der Waals surface area contributed by atoms with Crippen molar-refractivity contribution in [2.45, 2.75) is 47.4 Å². The van der Waals surface area contributed by atoms with Crippen LogP contribution in [0.25, 0.3) is 10.9 Å². The molecule has 6 rings (SSSR count). The molecule has 6 atom stereocenters. The number of aromatic amines is 1. The van der Waals surface area contributed by atoms with Gasteiger partial charge in [0.25, 0.3) is 0 Å². The molecule has 4 bridgehead atoms. The summed E-state index contributed by atoms with van der Waals surface area (Å²) in [5.41, 5.74) is 1.55. The second-order valence-electron chi connectivity index (χ2n) is 9.13. The molecule has 0 radical (unpaired) electrons. The van der Waals surface area contributed by atoms with Crippen LogP contribution in [0.2, 0.25) is 0 Å². The highest BCUT2D eigenvalue weighted by atomic mass is 35.6. The smallest absolute Gasteiger partial charge is 0.410 e. The summed E-state index contributed by atoms with van der Waals surface area (Å²) in [6, 6.07) is 7.71. The molecule has 10 heteroatoms. The fraction of sp³-hybridized carbons (Fsp3) is 0.591. The van der Waals surface area contributed by atoms with Crippen molar-refractivity contribution < 1.29 is 24.5 Å². The third kappa shape index (κ3) is 3.67. The van der Waals surface area contributed by atoms with Crippen LogP contribution < -0.4 is 0 Å². The molecule has 1 aliphatic carbocycles. The van der Waals surface area contributed by atoms with Crippen LogP contribution >= 0.6 is 34.8 Å². The van der Waals surface area contributed by atoms with Crippen molar-refractivity contribution in [1.82, 2.24) is 9.88 Å². The van der Waals surface area contributed by atoms with Crippen molar-refractivity contribution in [3.63, 3.8) is 0 Å².